The van der Waals surface area contributed by atoms with Crippen molar-refractivity contribution in [1.29, 1.82) is 0 Å². The number of aromatic nitrogens is 2. The van der Waals surface area contributed by atoms with Crippen molar-refractivity contribution in [3.05, 3.63) is 33.0 Å². The van der Waals surface area contributed by atoms with E-state index >= 15 is 0 Å². The maximum Gasteiger partial charge on any atom is 0.258 e. The zero-order valence-corrected chi connectivity index (χ0v) is 10.6. The number of rotatable bonds is 0. The molecular formula is C8H7BrN2OSi. The highest BCUT2D eigenvalue weighted by atomic mass is 79.9. The van der Waals surface area contributed by atoms with Gasteiger partial charge in [-0.05, 0) is 18.2 Å². The maximum atomic E-state index is 11.4. The largest absolute Gasteiger partial charge is 0.315 e. The molecule has 13 heavy (non-hydrogen) atoms. The van der Waals surface area contributed by atoms with E-state index in [2.05, 4.69) is 25.9 Å². The van der Waals surface area contributed by atoms with Crippen LogP contribution < -0.4 is 11.0 Å². The normalized spacial score (nSPS) is 10.8. The molecule has 66 valence electrons. The number of nitrogens with one attached hydrogen (secondary N) is 1. The number of halogens is 1. The van der Waals surface area contributed by atoms with Crippen LogP contribution in [0.15, 0.2) is 27.5 Å². The number of benzene rings is 1. The molecule has 5 heteroatoms. The van der Waals surface area contributed by atoms with Crippen molar-refractivity contribution in [2.45, 2.75) is 0 Å². The van der Waals surface area contributed by atoms with Gasteiger partial charge in [0.1, 0.15) is 0 Å². The van der Waals surface area contributed by atoms with E-state index in [1.165, 1.54) is 0 Å². The van der Waals surface area contributed by atoms with Crippen molar-refractivity contribution < 1.29 is 0 Å². The van der Waals surface area contributed by atoms with Gasteiger partial charge in [-0.1, -0.05) is 15.9 Å². The lowest BCUT2D eigenvalue weighted by Gasteiger charge is -1.98. The Kier molecular flexibility index (Phi) is 2.05. The van der Waals surface area contributed by atoms with Gasteiger partial charge in [0.2, 0.25) is 0 Å². The minimum absolute atomic E-state index is 0.0532. The van der Waals surface area contributed by atoms with E-state index in [4.69, 9.17) is 0 Å². The summed E-state index contributed by atoms with van der Waals surface area (Å²) in [6.07, 6.45) is 0. The number of hydrogen-bond acceptors (Lipinski definition) is 2. The SMILES string of the molecule is O=c1[nH]c([SiH3])nc2cc(Br)ccc12. The quantitative estimate of drug-likeness (QED) is 0.655. The lowest BCUT2D eigenvalue weighted by atomic mass is 10.2. The van der Waals surface area contributed by atoms with Crippen molar-refractivity contribution in [1.82, 2.24) is 9.97 Å². The molecule has 0 spiro atoms. The van der Waals surface area contributed by atoms with E-state index in [1.807, 2.05) is 12.1 Å². The van der Waals surface area contributed by atoms with Gasteiger partial charge in [0.05, 0.1) is 26.6 Å². The molecule has 0 bridgehead atoms. The Labute approximate surface area is 85.8 Å². The van der Waals surface area contributed by atoms with Gasteiger partial charge in [-0.15, -0.1) is 0 Å². The number of hydrogen-bond donors (Lipinski definition) is 1. The summed E-state index contributed by atoms with van der Waals surface area (Å²) in [5.74, 6) is 0. The van der Waals surface area contributed by atoms with E-state index in [0.29, 0.717) is 5.39 Å². The Morgan fingerprint density at radius 1 is 1.46 bits per heavy atom. The Morgan fingerprint density at radius 2 is 2.23 bits per heavy atom. The predicted octanol–water partition coefficient (Wildman–Crippen LogP) is -0.324. The summed E-state index contributed by atoms with van der Waals surface area (Å²) in [4.78, 5) is 18.4. The van der Waals surface area contributed by atoms with Crippen LogP contribution in [0, 0.1) is 0 Å². The lowest BCUT2D eigenvalue weighted by molar-refractivity contribution is 1.24. The average Bonchev–Trinajstić information content (AvgIpc) is 2.02. The molecular weight excluding hydrogens is 248 g/mol. The Morgan fingerprint density at radius 3 is 3.00 bits per heavy atom. The smallest absolute Gasteiger partial charge is 0.258 e. The van der Waals surface area contributed by atoms with Crippen molar-refractivity contribution in [3.63, 3.8) is 0 Å². The van der Waals surface area contributed by atoms with Crippen LogP contribution in [0.4, 0.5) is 0 Å². The molecule has 0 amide bonds. The standard InChI is InChI=1S/C8H7BrN2OSi/c9-4-1-2-5-6(3-4)10-8(13)11-7(5)12/h1-3H,13H3,(H,10,11,12). The predicted molar refractivity (Wildman–Crippen MR) is 59.6 cm³/mol. The van der Waals surface area contributed by atoms with Gasteiger partial charge in [0.15, 0.2) is 0 Å². The highest BCUT2D eigenvalue weighted by Gasteiger charge is 2.00. The molecule has 0 saturated carbocycles. The summed E-state index contributed by atoms with van der Waals surface area (Å²) in [5, 5.41) is 0.641. The zero-order chi connectivity index (χ0) is 9.42. The first-order valence-corrected chi connectivity index (χ1v) is 5.62. The number of nitrogens with zero attached hydrogens (tertiary/aromatic N) is 1. The molecule has 2 aromatic rings. The monoisotopic (exact) mass is 254 g/mol. The van der Waals surface area contributed by atoms with Crippen molar-refractivity contribution in [2.75, 3.05) is 0 Å². The van der Waals surface area contributed by atoms with Crippen LogP contribution in [0.3, 0.4) is 0 Å². The van der Waals surface area contributed by atoms with Crippen molar-refractivity contribution >= 4 is 42.5 Å². The fourth-order valence-corrected chi connectivity index (χ4v) is 2.05. The van der Waals surface area contributed by atoms with Crippen molar-refractivity contribution in [2.24, 2.45) is 0 Å². The third-order valence-corrected chi connectivity index (χ3v) is 2.75. The van der Waals surface area contributed by atoms with Gasteiger partial charge >= 0.3 is 0 Å². The van der Waals surface area contributed by atoms with Gasteiger partial charge in [-0.2, -0.15) is 0 Å². The molecule has 0 aliphatic heterocycles. The summed E-state index contributed by atoms with van der Waals surface area (Å²) >= 11 is 3.34. The van der Waals surface area contributed by atoms with Crippen LogP contribution in [-0.2, 0) is 0 Å². The molecule has 1 heterocycles. The first-order chi connectivity index (χ1) is 6.16. The van der Waals surface area contributed by atoms with E-state index < -0.39 is 0 Å². The Balaban J connectivity index is 2.95. The van der Waals surface area contributed by atoms with Crippen LogP contribution >= 0.6 is 15.9 Å². The van der Waals surface area contributed by atoms with Gasteiger partial charge in [-0.3, -0.25) is 4.79 Å². The van der Waals surface area contributed by atoms with E-state index in [0.717, 1.165) is 25.7 Å². The number of H-pyrrole nitrogens is 1. The van der Waals surface area contributed by atoms with Gasteiger partial charge in [-0.25, -0.2) is 4.98 Å². The zero-order valence-electron chi connectivity index (χ0n) is 6.97. The maximum absolute atomic E-state index is 11.4. The van der Waals surface area contributed by atoms with Crippen LogP contribution in [-0.4, -0.2) is 20.2 Å². The first-order valence-electron chi connectivity index (χ1n) is 3.83. The minimum Gasteiger partial charge on any atom is -0.315 e. The highest BCUT2D eigenvalue weighted by molar-refractivity contribution is 9.10. The Bertz CT molecular complexity index is 518. The molecule has 3 nitrogen and oxygen atoms in total. The molecule has 1 aromatic carbocycles. The van der Waals surface area contributed by atoms with E-state index in [1.54, 1.807) is 6.07 Å². The van der Waals surface area contributed by atoms with E-state index in [9.17, 15) is 4.79 Å². The molecule has 2 rings (SSSR count). The van der Waals surface area contributed by atoms with Crippen LogP contribution in [0.25, 0.3) is 10.9 Å². The van der Waals surface area contributed by atoms with Gasteiger partial charge in [0.25, 0.3) is 5.56 Å². The average molecular weight is 255 g/mol. The third-order valence-electron chi connectivity index (χ3n) is 1.79. The fraction of sp³-hybridized carbons (Fsp3) is 0. The molecule has 1 N–H and O–H groups in total. The number of aromatic amines is 1. The molecule has 0 fully saturated rings. The number of fused-ring (bicyclic) bond motifs is 1. The molecule has 0 unspecified atom stereocenters. The molecule has 0 radical (unpaired) electrons. The van der Waals surface area contributed by atoms with Crippen LogP contribution in [0.2, 0.25) is 0 Å². The van der Waals surface area contributed by atoms with Gasteiger partial charge < -0.3 is 4.98 Å². The minimum atomic E-state index is -0.0532. The third kappa shape index (κ3) is 1.57. The summed E-state index contributed by atoms with van der Waals surface area (Å²) < 4.78 is 0.944. The summed E-state index contributed by atoms with van der Waals surface area (Å²) in [5.41, 5.74) is 1.47. The van der Waals surface area contributed by atoms with Crippen LogP contribution in [0.1, 0.15) is 0 Å². The Hall–Kier alpha value is -0.943. The van der Waals surface area contributed by atoms with Gasteiger partial charge in [0, 0.05) is 4.47 Å². The summed E-state index contributed by atoms with van der Waals surface area (Å²) in [7, 11) is 0.758. The second kappa shape index (κ2) is 3.08. The first kappa shape index (κ1) is 8.65. The van der Waals surface area contributed by atoms with Crippen molar-refractivity contribution in [3.8, 4) is 0 Å². The lowest BCUT2D eigenvalue weighted by Crippen LogP contribution is -2.23. The summed E-state index contributed by atoms with van der Waals surface area (Å²) in [6, 6.07) is 5.46. The second-order valence-corrected chi connectivity index (χ2v) is 4.68. The topological polar surface area (TPSA) is 45.8 Å². The van der Waals surface area contributed by atoms with E-state index in [-0.39, 0.29) is 5.56 Å². The summed E-state index contributed by atoms with van der Waals surface area (Å²) in [6.45, 7) is 0. The molecule has 0 saturated heterocycles. The second-order valence-electron chi connectivity index (χ2n) is 2.81. The highest BCUT2D eigenvalue weighted by Crippen LogP contribution is 2.13. The molecule has 0 aliphatic rings. The molecule has 0 atom stereocenters. The van der Waals surface area contributed by atoms with Crippen LogP contribution in [0.5, 0.6) is 0 Å². The molecule has 1 aromatic heterocycles. The molecule has 0 aliphatic carbocycles. The fourth-order valence-electron chi connectivity index (χ4n) is 1.23.